The molecule has 1 N–H and O–H groups in total. The minimum absolute atomic E-state index is 0.146. The molecule has 150 valence electrons. The van der Waals surface area contributed by atoms with Crippen molar-refractivity contribution in [3.05, 3.63) is 58.9 Å². The highest BCUT2D eigenvalue weighted by molar-refractivity contribution is 6.32. The van der Waals surface area contributed by atoms with Crippen LogP contribution in [0.15, 0.2) is 42.5 Å². The summed E-state index contributed by atoms with van der Waals surface area (Å²) in [6, 6.07) is 13.1. The molecule has 0 bridgehead atoms. The van der Waals surface area contributed by atoms with Gasteiger partial charge in [0.1, 0.15) is 17.7 Å². The molecule has 28 heavy (non-hydrogen) atoms. The van der Waals surface area contributed by atoms with Crippen LogP contribution in [0.5, 0.6) is 5.75 Å². The van der Waals surface area contributed by atoms with Gasteiger partial charge in [-0.25, -0.2) is 4.39 Å². The summed E-state index contributed by atoms with van der Waals surface area (Å²) < 4.78 is 20.1. The Balaban J connectivity index is 1.31. The largest absolute Gasteiger partial charge is 0.489 e. The van der Waals surface area contributed by atoms with Crippen molar-refractivity contribution < 1.29 is 9.13 Å². The second-order valence-electron chi connectivity index (χ2n) is 7.55. The van der Waals surface area contributed by atoms with Crippen LogP contribution in [0.2, 0.25) is 5.02 Å². The van der Waals surface area contributed by atoms with Gasteiger partial charge in [0.2, 0.25) is 0 Å². The number of piperidine rings is 1. The number of hydrogen-bond acceptors (Lipinski definition) is 4. The predicted octanol–water partition coefficient (Wildman–Crippen LogP) is 3.93. The Labute approximate surface area is 171 Å². The number of ether oxygens (including phenoxy) is 1. The number of anilines is 1. The van der Waals surface area contributed by atoms with Crippen LogP contribution < -0.4 is 15.0 Å². The molecule has 0 spiro atoms. The number of halogens is 2. The Morgan fingerprint density at radius 3 is 2.50 bits per heavy atom. The smallest absolute Gasteiger partial charge is 0.146 e. The van der Waals surface area contributed by atoms with E-state index in [0.29, 0.717) is 10.7 Å². The Morgan fingerprint density at radius 2 is 1.79 bits per heavy atom. The van der Waals surface area contributed by atoms with Crippen molar-refractivity contribution in [2.75, 3.05) is 44.2 Å². The molecule has 0 aromatic heterocycles. The van der Waals surface area contributed by atoms with Crippen molar-refractivity contribution in [3.8, 4) is 5.75 Å². The zero-order valence-corrected chi connectivity index (χ0v) is 16.8. The maximum absolute atomic E-state index is 14.0. The zero-order chi connectivity index (χ0) is 19.3. The quantitative estimate of drug-likeness (QED) is 0.818. The lowest BCUT2D eigenvalue weighted by atomic mass is 10.1. The van der Waals surface area contributed by atoms with Crippen LogP contribution in [-0.2, 0) is 6.54 Å². The standard InChI is InChI=1S/C22H27ClFN3O/c23-19-15-17(5-6-22(19)28-18-7-9-25-10-8-18)16-26-11-13-27(14-12-26)21-4-2-1-3-20(21)24/h1-6,15,18,25H,7-14,16H2. The fourth-order valence-corrected chi connectivity index (χ4v) is 4.19. The first-order valence-corrected chi connectivity index (χ1v) is 10.4. The van der Waals surface area contributed by atoms with Crippen molar-refractivity contribution in [1.82, 2.24) is 10.2 Å². The van der Waals surface area contributed by atoms with Crippen molar-refractivity contribution in [3.63, 3.8) is 0 Å². The van der Waals surface area contributed by atoms with Crippen LogP contribution >= 0.6 is 11.6 Å². The van der Waals surface area contributed by atoms with Gasteiger partial charge >= 0.3 is 0 Å². The van der Waals surface area contributed by atoms with E-state index in [1.165, 1.54) is 11.6 Å². The number of piperazine rings is 1. The lowest BCUT2D eigenvalue weighted by Crippen LogP contribution is -2.46. The van der Waals surface area contributed by atoms with E-state index in [9.17, 15) is 4.39 Å². The van der Waals surface area contributed by atoms with Gasteiger partial charge in [0.05, 0.1) is 10.7 Å². The Kier molecular flexibility index (Phi) is 6.35. The molecule has 0 atom stereocenters. The molecule has 0 aliphatic carbocycles. The molecule has 0 saturated carbocycles. The molecule has 2 aromatic rings. The van der Waals surface area contributed by atoms with E-state index >= 15 is 0 Å². The highest BCUT2D eigenvalue weighted by Crippen LogP contribution is 2.29. The molecule has 4 rings (SSSR count). The Morgan fingerprint density at radius 1 is 1.04 bits per heavy atom. The molecule has 0 radical (unpaired) electrons. The van der Waals surface area contributed by atoms with Crippen molar-refractivity contribution in [2.24, 2.45) is 0 Å². The van der Waals surface area contributed by atoms with Crippen LogP contribution in [-0.4, -0.2) is 50.3 Å². The van der Waals surface area contributed by atoms with E-state index in [1.54, 1.807) is 6.07 Å². The number of rotatable bonds is 5. The average molecular weight is 404 g/mol. The highest BCUT2D eigenvalue weighted by Gasteiger charge is 2.20. The third-order valence-electron chi connectivity index (χ3n) is 5.55. The van der Waals surface area contributed by atoms with Crippen LogP contribution in [0.3, 0.4) is 0 Å². The van der Waals surface area contributed by atoms with Gasteiger partial charge in [-0.1, -0.05) is 29.8 Å². The van der Waals surface area contributed by atoms with Crippen LogP contribution in [0, 0.1) is 5.82 Å². The maximum atomic E-state index is 14.0. The summed E-state index contributed by atoms with van der Waals surface area (Å²) in [5.41, 5.74) is 1.88. The number of benzene rings is 2. The van der Waals surface area contributed by atoms with E-state index in [0.717, 1.165) is 64.4 Å². The van der Waals surface area contributed by atoms with Crippen molar-refractivity contribution in [2.45, 2.75) is 25.5 Å². The molecule has 2 aliphatic rings. The summed E-state index contributed by atoms with van der Waals surface area (Å²) in [6.07, 6.45) is 2.28. The van der Waals surface area contributed by atoms with Crippen LogP contribution in [0.4, 0.5) is 10.1 Å². The van der Waals surface area contributed by atoms with Crippen molar-refractivity contribution >= 4 is 17.3 Å². The Bertz CT molecular complexity index is 789. The average Bonchev–Trinajstić information content (AvgIpc) is 2.72. The van der Waals surface area contributed by atoms with Gasteiger partial charge < -0.3 is 15.0 Å². The second-order valence-corrected chi connectivity index (χ2v) is 7.95. The number of hydrogen-bond donors (Lipinski definition) is 1. The monoisotopic (exact) mass is 403 g/mol. The van der Waals surface area contributed by atoms with E-state index in [4.69, 9.17) is 16.3 Å². The van der Waals surface area contributed by atoms with E-state index in [1.807, 2.05) is 24.3 Å². The van der Waals surface area contributed by atoms with E-state index in [-0.39, 0.29) is 11.9 Å². The van der Waals surface area contributed by atoms with Gasteiger partial charge in [-0.2, -0.15) is 0 Å². The summed E-state index contributed by atoms with van der Waals surface area (Å²) in [5, 5.41) is 4.03. The molecule has 2 saturated heterocycles. The molecule has 4 nitrogen and oxygen atoms in total. The van der Waals surface area contributed by atoms with E-state index in [2.05, 4.69) is 21.2 Å². The third-order valence-corrected chi connectivity index (χ3v) is 5.84. The van der Waals surface area contributed by atoms with Gasteiger partial charge in [0, 0.05) is 32.7 Å². The fourth-order valence-electron chi connectivity index (χ4n) is 3.94. The molecule has 0 amide bonds. The van der Waals surface area contributed by atoms with Gasteiger partial charge in [-0.15, -0.1) is 0 Å². The lowest BCUT2D eigenvalue weighted by molar-refractivity contribution is 0.162. The second kappa shape index (κ2) is 9.12. The van der Waals surface area contributed by atoms with Gasteiger partial charge in [-0.3, -0.25) is 4.90 Å². The zero-order valence-electron chi connectivity index (χ0n) is 16.0. The first kappa shape index (κ1) is 19.5. The molecule has 2 aromatic carbocycles. The number of nitrogens with zero attached hydrogens (tertiary/aromatic N) is 2. The normalized spacial score (nSPS) is 19.0. The van der Waals surface area contributed by atoms with Gasteiger partial charge in [0.15, 0.2) is 0 Å². The predicted molar refractivity (Wildman–Crippen MR) is 112 cm³/mol. The number of nitrogens with one attached hydrogen (secondary N) is 1. The molecule has 2 fully saturated rings. The lowest BCUT2D eigenvalue weighted by Gasteiger charge is -2.36. The topological polar surface area (TPSA) is 27.7 Å². The minimum atomic E-state index is -0.146. The molecular formula is C22H27ClFN3O. The molecule has 0 unspecified atom stereocenters. The first-order valence-electron chi connectivity index (χ1n) is 10.1. The summed E-state index contributed by atoms with van der Waals surface area (Å²) in [4.78, 5) is 4.51. The van der Waals surface area contributed by atoms with Crippen LogP contribution in [0.1, 0.15) is 18.4 Å². The highest BCUT2D eigenvalue weighted by atomic mass is 35.5. The molecule has 2 aliphatic heterocycles. The van der Waals surface area contributed by atoms with Gasteiger partial charge in [0.25, 0.3) is 0 Å². The Hall–Kier alpha value is -1.82. The summed E-state index contributed by atoms with van der Waals surface area (Å²) in [5.74, 6) is 0.633. The van der Waals surface area contributed by atoms with Crippen molar-refractivity contribution in [1.29, 1.82) is 0 Å². The molecule has 2 heterocycles. The molecule has 6 heteroatoms. The summed E-state index contributed by atoms with van der Waals surface area (Å²) in [6.45, 7) is 6.30. The fraction of sp³-hybridized carbons (Fsp3) is 0.455. The van der Waals surface area contributed by atoms with E-state index < -0.39 is 0 Å². The maximum Gasteiger partial charge on any atom is 0.146 e. The summed E-state index contributed by atoms with van der Waals surface area (Å²) >= 11 is 6.48. The van der Waals surface area contributed by atoms with Crippen LogP contribution in [0.25, 0.3) is 0 Å². The summed E-state index contributed by atoms with van der Waals surface area (Å²) in [7, 11) is 0. The first-order chi connectivity index (χ1) is 13.7. The SMILES string of the molecule is Fc1ccccc1N1CCN(Cc2ccc(OC3CCNCC3)c(Cl)c2)CC1. The molecular weight excluding hydrogens is 377 g/mol. The third kappa shape index (κ3) is 4.77. The minimum Gasteiger partial charge on any atom is -0.489 e. The number of para-hydroxylation sites is 1. The van der Waals surface area contributed by atoms with Gasteiger partial charge in [-0.05, 0) is 55.8 Å².